The third kappa shape index (κ3) is 2.76. The first-order chi connectivity index (χ1) is 10.9. The maximum atomic E-state index is 12.4. The number of hydrogen-bond acceptors (Lipinski definition) is 7. The summed E-state index contributed by atoms with van der Waals surface area (Å²) in [6, 6.07) is 8.80. The molecule has 0 unspecified atom stereocenters. The lowest BCUT2D eigenvalue weighted by molar-refractivity contribution is -0.384. The number of sulfonamides is 1. The number of nitrogens with zero attached hydrogens (tertiary/aromatic N) is 1. The first-order valence-corrected chi connectivity index (χ1v) is 7.95. The van der Waals surface area contributed by atoms with E-state index in [1.54, 1.807) is 12.1 Å². The molecule has 120 valence electrons. The van der Waals surface area contributed by atoms with Crippen molar-refractivity contribution in [1.29, 1.82) is 0 Å². The van der Waals surface area contributed by atoms with Crippen LogP contribution in [-0.2, 0) is 15.0 Å². The minimum Gasteiger partial charge on any atom is -0.277 e. The Morgan fingerprint density at radius 2 is 1.74 bits per heavy atom. The van der Waals surface area contributed by atoms with Crippen molar-refractivity contribution in [3.8, 4) is 0 Å². The van der Waals surface area contributed by atoms with Gasteiger partial charge < -0.3 is 0 Å². The Hall–Kier alpha value is -2.85. The Morgan fingerprint density at radius 1 is 1.09 bits per heavy atom. The SMILES string of the molecule is Cc1ccc(S(=O)(=O)Nc2ccc([N+](=O)[O-])c3c2NON3)cc1. The molecule has 23 heavy (non-hydrogen) atoms. The summed E-state index contributed by atoms with van der Waals surface area (Å²) in [5, 5.41) is 11.0. The normalized spacial score (nSPS) is 12.9. The molecular formula is C13H12N4O5S. The number of nitro benzene ring substituents is 1. The van der Waals surface area contributed by atoms with Crippen LogP contribution in [0.15, 0.2) is 41.3 Å². The Morgan fingerprint density at radius 3 is 2.39 bits per heavy atom. The molecule has 3 rings (SSSR count). The van der Waals surface area contributed by atoms with Gasteiger partial charge in [-0.2, -0.15) is 4.94 Å². The van der Waals surface area contributed by atoms with Gasteiger partial charge >= 0.3 is 0 Å². The largest absolute Gasteiger partial charge is 0.297 e. The van der Waals surface area contributed by atoms with E-state index in [9.17, 15) is 18.5 Å². The Labute approximate surface area is 131 Å². The van der Waals surface area contributed by atoms with E-state index < -0.39 is 14.9 Å². The lowest BCUT2D eigenvalue weighted by Crippen LogP contribution is -2.13. The molecule has 0 saturated heterocycles. The summed E-state index contributed by atoms with van der Waals surface area (Å²) in [6.45, 7) is 1.85. The molecule has 1 heterocycles. The van der Waals surface area contributed by atoms with Crippen molar-refractivity contribution >= 4 is 32.8 Å². The summed E-state index contributed by atoms with van der Waals surface area (Å²) < 4.78 is 27.2. The fourth-order valence-corrected chi connectivity index (χ4v) is 3.16. The average molecular weight is 336 g/mol. The topological polar surface area (TPSA) is 123 Å². The van der Waals surface area contributed by atoms with Crippen LogP contribution in [0.5, 0.6) is 0 Å². The summed E-state index contributed by atoms with van der Waals surface area (Å²) in [4.78, 5) is 15.2. The maximum Gasteiger partial charge on any atom is 0.297 e. The van der Waals surface area contributed by atoms with Crippen molar-refractivity contribution in [3.05, 3.63) is 52.1 Å². The van der Waals surface area contributed by atoms with Crippen molar-refractivity contribution in [1.82, 2.24) is 0 Å². The van der Waals surface area contributed by atoms with Gasteiger partial charge in [0.25, 0.3) is 15.7 Å². The van der Waals surface area contributed by atoms with E-state index in [2.05, 4.69) is 15.7 Å². The molecule has 0 amide bonds. The molecule has 0 bridgehead atoms. The quantitative estimate of drug-likeness (QED) is 0.578. The van der Waals surface area contributed by atoms with Crippen LogP contribution in [0.4, 0.5) is 22.7 Å². The molecule has 9 nitrogen and oxygen atoms in total. The second-order valence-electron chi connectivity index (χ2n) is 4.86. The molecular weight excluding hydrogens is 324 g/mol. The number of nitro groups is 1. The third-order valence-corrected chi connectivity index (χ3v) is 4.64. The van der Waals surface area contributed by atoms with Gasteiger partial charge in [-0.3, -0.25) is 14.8 Å². The number of rotatable bonds is 4. The lowest BCUT2D eigenvalue weighted by Gasteiger charge is -2.11. The number of benzene rings is 2. The van der Waals surface area contributed by atoms with Crippen LogP contribution < -0.4 is 15.7 Å². The van der Waals surface area contributed by atoms with Crippen molar-refractivity contribution in [2.75, 3.05) is 15.7 Å². The van der Waals surface area contributed by atoms with Gasteiger partial charge in [0, 0.05) is 6.07 Å². The highest BCUT2D eigenvalue weighted by atomic mass is 32.2. The highest BCUT2D eigenvalue weighted by Crippen LogP contribution is 2.42. The van der Waals surface area contributed by atoms with Crippen molar-refractivity contribution < 1.29 is 18.3 Å². The van der Waals surface area contributed by atoms with Gasteiger partial charge in [-0.1, -0.05) is 17.7 Å². The zero-order chi connectivity index (χ0) is 16.6. The second kappa shape index (κ2) is 5.41. The number of nitrogens with one attached hydrogen (secondary N) is 3. The van der Waals surface area contributed by atoms with Crippen LogP contribution in [0.3, 0.4) is 0 Å². The van der Waals surface area contributed by atoms with E-state index in [0.29, 0.717) is 0 Å². The molecule has 0 aliphatic carbocycles. The van der Waals surface area contributed by atoms with E-state index in [1.807, 2.05) is 6.92 Å². The number of hydrogen-bond donors (Lipinski definition) is 3. The summed E-state index contributed by atoms with van der Waals surface area (Å²) >= 11 is 0. The zero-order valence-electron chi connectivity index (χ0n) is 11.9. The van der Waals surface area contributed by atoms with Gasteiger partial charge in [-0.15, -0.1) is 0 Å². The van der Waals surface area contributed by atoms with E-state index in [0.717, 1.165) is 5.56 Å². The average Bonchev–Trinajstić information content (AvgIpc) is 2.97. The first kappa shape index (κ1) is 15.1. The molecule has 1 aliphatic heterocycles. The fraction of sp³-hybridized carbons (Fsp3) is 0.0769. The number of fused-ring (bicyclic) bond motifs is 1. The molecule has 2 aromatic rings. The van der Waals surface area contributed by atoms with Crippen molar-refractivity contribution in [3.63, 3.8) is 0 Å². The van der Waals surface area contributed by atoms with Crippen molar-refractivity contribution in [2.24, 2.45) is 0 Å². The Bertz CT molecular complexity index is 880. The molecule has 0 aromatic heterocycles. The minimum absolute atomic E-state index is 0.0547. The predicted molar refractivity (Wildman–Crippen MR) is 83.4 cm³/mol. The van der Waals surface area contributed by atoms with Crippen LogP contribution in [0, 0.1) is 17.0 Å². The molecule has 3 N–H and O–H groups in total. The van der Waals surface area contributed by atoms with Crippen LogP contribution in [0.1, 0.15) is 5.56 Å². The highest BCUT2D eigenvalue weighted by Gasteiger charge is 2.27. The summed E-state index contributed by atoms with van der Waals surface area (Å²) in [5.74, 6) is 0. The molecule has 2 aromatic carbocycles. The third-order valence-electron chi connectivity index (χ3n) is 3.26. The Kier molecular flexibility index (Phi) is 3.54. The first-order valence-electron chi connectivity index (χ1n) is 6.47. The molecule has 10 heteroatoms. The highest BCUT2D eigenvalue weighted by molar-refractivity contribution is 7.92. The number of aryl methyl sites for hydroxylation is 1. The lowest BCUT2D eigenvalue weighted by atomic mass is 10.2. The van der Waals surface area contributed by atoms with Crippen LogP contribution in [-0.4, -0.2) is 13.3 Å². The molecule has 0 spiro atoms. The molecule has 0 fully saturated rings. The van der Waals surface area contributed by atoms with E-state index in [1.165, 1.54) is 24.3 Å². The standard InChI is InChI=1S/C13H12N4O5S/c1-8-2-4-9(5-3-8)23(20,21)16-10-6-7-11(17(18)19)13-12(10)14-22-15-13/h2-7,14-16H,1H3. The van der Waals surface area contributed by atoms with Gasteiger partial charge in [-0.25, -0.2) is 19.4 Å². The zero-order valence-corrected chi connectivity index (χ0v) is 12.7. The number of anilines is 3. The van der Waals surface area contributed by atoms with Gasteiger partial charge in [0.1, 0.15) is 5.69 Å². The molecule has 1 aliphatic rings. The fourth-order valence-electron chi connectivity index (χ4n) is 2.09. The molecule has 0 radical (unpaired) electrons. The van der Waals surface area contributed by atoms with E-state index >= 15 is 0 Å². The molecule has 0 atom stereocenters. The second-order valence-corrected chi connectivity index (χ2v) is 6.55. The predicted octanol–water partition coefficient (Wildman–Crippen LogP) is 2.39. The van der Waals surface area contributed by atoms with Gasteiger partial charge in [0.05, 0.1) is 15.5 Å². The summed E-state index contributed by atoms with van der Waals surface area (Å²) in [6.07, 6.45) is 0. The molecule has 0 saturated carbocycles. The summed E-state index contributed by atoms with van der Waals surface area (Å²) in [7, 11) is -3.83. The van der Waals surface area contributed by atoms with Crippen molar-refractivity contribution in [2.45, 2.75) is 11.8 Å². The van der Waals surface area contributed by atoms with Gasteiger partial charge in [-0.05, 0) is 25.1 Å². The maximum absolute atomic E-state index is 12.4. The Balaban J connectivity index is 1.99. The summed E-state index contributed by atoms with van der Waals surface area (Å²) in [5.41, 5.74) is 5.78. The van der Waals surface area contributed by atoms with E-state index in [4.69, 9.17) is 4.94 Å². The van der Waals surface area contributed by atoms with Crippen LogP contribution in [0.25, 0.3) is 0 Å². The van der Waals surface area contributed by atoms with Crippen LogP contribution >= 0.6 is 0 Å². The van der Waals surface area contributed by atoms with Crippen LogP contribution in [0.2, 0.25) is 0 Å². The van der Waals surface area contributed by atoms with Gasteiger partial charge in [0.2, 0.25) is 0 Å². The van der Waals surface area contributed by atoms with E-state index in [-0.39, 0.29) is 27.6 Å². The monoisotopic (exact) mass is 336 g/mol. The minimum atomic E-state index is -3.83. The smallest absolute Gasteiger partial charge is 0.277 e. The van der Waals surface area contributed by atoms with Gasteiger partial charge in [0.15, 0.2) is 5.69 Å².